The Bertz CT molecular complexity index is 410. The molecule has 0 aromatic carbocycles. The number of anilines is 1. The van der Waals surface area contributed by atoms with Crippen molar-refractivity contribution < 1.29 is 4.79 Å². The molecule has 0 bridgehead atoms. The second kappa shape index (κ2) is 5.36. The second-order valence-corrected chi connectivity index (χ2v) is 4.92. The summed E-state index contributed by atoms with van der Waals surface area (Å²) in [6, 6.07) is 3.24. The normalized spacial score (nSPS) is 20.1. The Kier molecular flexibility index (Phi) is 3.84. The molecular weight excluding hydrogens is 238 g/mol. The summed E-state index contributed by atoms with van der Waals surface area (Å²) in [5.41, 5.74) is 0. The maximum atomic E-state index is 12.0. The van der Waals surface area contributed by atoms with Gasteiger partial charge in [0.25, 0.3) is 0 Å². The molecule has 2 rings (SSSR count). The van der Waals surface area contributed by atoms with Crippen LogP contribution in [0.5, 0.6) is 0 Å². The van der Waals surface area contributed by atoms with Gasteiger partial charge in [-0.1, -0.05) is 18.5 Å². The number of amides is 2. The Hall–Kier alpha value is -1.29. The van der Waals surface area contributed by atoms with Gasteiger partial charge in [0.05, 0.1) is 0 Å². The highest BCUT2D eigenvalue weighted by Crippen LogP contribution is 2.17. The van der Waals surface area contributed by atoms with Crippen LogP contribution in [0.2, 0.25) is 5.02 Å². The van der Waals surface area contributed by atoms with Crippen molar-refractivity contribution >= 4 is 23.4 Å². The average molecular weight is 254 g/mol. The van der Waals surface area contributed by atoms with Gasteiger partial charge in [-0.25, -0.2) is 9.78 Å². The van der Waals surface area contributed by atoms with E-state index in [0.717, 1.165) is 19.5 Å². The fourth-order valence-electron chi connectivity index (χ4n) is 2.04. The van der Waals surface area contributed by atoms with Crippen LogP contribution in [0.25, 0.3) is 0 Å². The van der Waals surface area contributed by atoms with E-state index in [1.165, 1.54) is 6.42 Å². The molecule has 1 aromatic heterocycles. The number of likely N-dealkylation sites (tertiary alicyclic amines) is 1. The number of aromatic nitrogens is 1. The monoisotopic (exact) mass is 253 g/mol. The van der Waals surface area contributed by atoms with Gasteiger partial charge < -0.3 is 4.90 Å². The molecule has 1 aliphatic rings. The number of hydrogen-bond donors (Lipinski definition) is 1. The molecule has 0 spiro atoms. The van der Waals surface area contributed by atoms with Gasteiger partial charge in [-0.15, -0.1) is 0 Å². The minimum atomic E-state index is -0.0914. The molecule has 5 heteroatoms. The third kappa shape index (κ3) is 3.33. The van der Waals surface area contributed by atoms with Gasteiger partial charge >= 0.3 is 6.03 Å². The molecule has 1 atom stereocenters. The molecule has 1 aromatic rings. The summed E-state index contributed by atoms with van der Waals surface area (Å²) in [6.45, 7) is 3.79. The first kappa shape index (κ1) is 12.2. The van der Waals surface area contributed by atoms with Crippen LogP contribution in [0.4, 0.5) is 10.6 Å². The van der Waals surface area contributed by atoms with Crippen molar-refractivity contribution in [2.75, 3.05) is 18.4 Å². The summed E-state index contributed by atoms with van der Waals surface area (Å²) in [5, 5.41) is 3.34. The Morgan fingerprint density at radius 1 is 1.65 bits per heavy atom. The number of piperidine rings is 1. The van der Waals surface area contributed by atoms with Crippen molar-refractivity contribution in [3.8, 4) is 0 Å². The number of halogens is 1. The van der Waals surface area contributed by atoms with Gasteiger partial charge in [-0.2, -0.15) is 0 Å². The molecule has 1 N–H and O–H groups in total. The molecule has 0 saturated carbocycles. The van der Waals surface area contributed by atoms with Crippen LogP contribution in [0.15, 0.2) is 18.3 Å². The van der Waals surface area contributed by atoms with E-state index in [1.807, 2.05) is 4.90 Å². The zero-order valence-electron chi connectivity index (χ0n) is 9.82. The molecule has 2 heterocycles. The van der Waals surface area contributed by atoms with Crippen molar-refractivity contribution in [1.29, 1.82) is 0 Å². The molecule has 92 valence electrons. The summed E-state index contributed by atoms with van der Waals surface area (Å²) >= 11 is 5.83. The quantitative estimate of drug-likeness (QED) is 0.836. The molecule has 1 saturated heterocycles. The summed E-state index contributed by atoms with van der Waals surface area (Å²) < 4.78 is 0. The zero-order chi connectivity index (χ0) is 12.3. The smallest absolute Gasteiger partial charge is 0.323 e. The first-order valence-corrected chi connectivity index (χ1v) is 6.20. The highest BCUT2D eigenvalue weighted by Gasteiger charge is 2.20. The van der Waals surface area contributed by atoms with Crippen molar-refractivity contribution in [1.82, 2.24) is 9.88 Å². The average Bonchev–Trinajstić information content (AvgIpc) is 2.29. The minimum Gasteiger partial charge on any atom is -0.324 e. The highest BCUT2D eigenvalue weighted by molar-refractivity contribution is 6.30. The van der Waals surface area contributed by atoms with Crippen LogP contribution >= 0.6 is 11.6 Å². The molecule has 17 heavy (non-hydrogen) atoms. The highest BCUT2D eigenvalue weighted by atomic mass is 35.5. The Morgan fingerprint density at radius 2 is 2.47 bits per heavy atom. The van der Waals surface area contributed by atoms with Gasteiger partial charge in [-0.05, 0) is 30.9 Å². The number of pyridine rings is 1. The lowest BCUT2D eigenvalue weighted by molar-refractivity contribution is 0.182. The number of urea groups is 1. The Morgan fingerprint density at radius 3 is 3.18 bits per heavy atom. The molecule has 1 unspecified atom stereocenters. The van der Waals surface area contributed by atoms with E-state index in [-0.39, 0.29) is 6.03 Å². The van der Waals surface area contributed by atoms with Crippen LogP contribution in [-0.2, 0) is 0 Å². The summed E-state index contributed by atoms with van der Waals surface area (Å²) in [5.74, 6) is 1.07. The van der Waals surface area contributed by atoms with Crippen molar-refractivity contribution in [2.45, 2.75) is 19.8 Å². The lowest BCUT2D eigenvalue weighted by Crippen LogP contribution is -2.41. The fraction of sp³-hybridized carbons (Fsp3) is 0.500. The standard InChI is InChI=1S/C12H16ClN3O/c1-9-3-2-6-16(8-9)12(17)15-11-7-10(13)4-5-14-11/h4-5,7,9H,2-3,6,8H2,1H3,(H,14,15,17). The lowest BCUT2D eigenvalue weighted by atomic mass is 10.0. The maximum Gasteiger partial charge on any atom is 0.323 e. The molecule has 0 radical (unpaired) electrons. The van der Waals surface area contributed by atoms with Crippen LogP contribution in [0, 0.1) is 5.92 Å². The predicted molar refractivity (Wildman–Crippen MR) is 68.2 cm³/mol. The van der Waals surface area contributed by atoms with E-state index in [0.29, 0.717) is 16.8 Å². The number of nitrogens with one attached hydrogen (secondary N) is 1. The number of carbonyl (C=O) groups excluding carboxylic acids is 1. The number of carbonyl (C=O) groups is 1. The van der Waals surface area contributed by atoms with Gasteiger partial charge in [-0.3, -0.25) is 5.32 Å². The summed E-state index contributed by atoms with van der Waals surface area (Å²) in [6.07, 6.45) is 3.84. The third-order valence-corrected chi connectivity index (χ3v) is 3.14. The molecule has 0 aliphatic carbocycles. The Balaban J connectivity index is 1.96. The van der Waals surface area contributed by atoms with E-state index in [2.05, 4.69) is 17.2 Å². The van der Waals surface area contributed by atoms with E-state index >= 15 is 0 Å². The summed E-state index contributed by atoms with van der Waals surface area (Å²) in [7, 11) is 0. The number of rotatable bonds is 1. The van der Waals surface area contributed by atoms with Crippen molar-refractivity contribution in [3.63, 3.8) is 0 Å². The predicted octanol–water partition coefficient (Wildman–Crippen LogP) is 3.00. The van der Waals surface area contributed by atoms with E-state index in [9.17, 15) is 4.79 Å². The van der Waals surface area contributed by atoms with E-state index < -0.39 is 0 Å². The number of nitrogens with zero attached hydrogens (tertiary/aromatic N) is 2. The van der Waals surface area contributed by atoms with Crippen LogP contribution in [-0.4, -0.2) is 29.0 Å². The van der Waals surface area contributed by atoms with Gasteiger partial charge in [0.1, 0.15) is 5.82 Å². The maximum absolute atomic E-state index is 12.0. The molecule has 2 amide bonds. The van der Waals surface area contributed by atoms with Crippen molar-refractivity contribution in [3.05, 3.63) is 23.4 Å². The number of hydrogen-bond acceptors (Lipinski definition) is 2. The van der Waals surface area contributed by atoms with Crippen LogP contribution in [0.1, 0.15) is 19.8 Å². The minimum absolute atomic E-state index is 0.0914. The largest absolute Gasteiger partial charge is 0.324 e. The Labute approximate surface area is 106 Å². The zero-order valence-corrected chi connectivity index (χ0v) is 10.6. The topological polar surface area (TPSA) is 45.2 Å². The first-order valence-electron chi connectivity index (χ1n) is 5.82. The van der Waals surface area contributed by atoms with Crippen molar-refractivity contribution in [2.24, 2.45) is 5.92 Å². The first-order chi connectivity index (χ1) is 8.15. The molecule has 1 fully saturated rings. The lowest BCUT2D eigenvalue weighted by Gasteiger charge is -2.30. The second-order valence-electron chi connectivity index (χ2n) is 4.48. The molecule has 1 aliphatic heterocycles. The fourth-order valence-corrected chi connectivity index (χ4v) is 2.20. The van der Waals surface area contributed by atoms with Crippen LogP contribution < -0.4 is 5.32 Å². The third-order valence-electron chi connectivity index (χ3n) is 2.90. The van der Waals surface area contributed by atoms with Gasteiger partial charge in [0.2, 0.25) is 0 Å². The van der Waals surface area contributed by atoms with Crippen LogP contribution in [0.3, 0.4) is 0 Å². The molecule has 4 nitrogen and oxygen atoms in total. The van der Waals surface area contributed by atoms with E-state index in [1.54, 1.807) is 18.3 Å². The SMILES string of the molecule is CC1CCCN(C(=O)Nc2cc(Cl)ccn2)C1. The molecular formula is C12H16ClN3O. The summed E-state index contributed by atoms with van der Waals surface area (Å²) in [4.78, 5) is 17.8. The van der Waals surface area contributed by atoms with Gasteiger partial charge in [0, 0.05) is 24.3 Å². The van der Waals surface area contributed by atoms with Gasteiger partial charge in [0.15, 0.2) is 0 Å². The van der Waals surface area contributed by atoms with E-state index in [4.69, 9.17) is 11.6 Å².